The summed E-state index contributed by atoms with van der Waals surface area (Å²) in [5.41, 5.74) is 8.37. The van der Waals surface area contributed by atoms with Gasteiger partial charge in [0, 0.05) is 29.7 Å². The minimum absolute atomic E-state index is 0.170. The molecule has 0 heterocycles. The second-order valence-corrected chi connectivity index (χ2v) is 6.30. The second kappa shape index (κ2) is 6.84. The van der Waals surface area contributed by atoms with Crippen LogP contribution in [0.25, 0.3) is 0 Å². The van der Waals surface area contributed by atoms with Crippen molar-refractivity contribution in [2.45, 2.75) is 38.3 Å². The monoisotopic (exact) mass is 326 g/mol. The van der Waals surface area contributed by atoms with E-state index in [9.17, 15) is 5.11 Å². The van der Waals surface area contributed by atoms with E-state index < -0.39 is 0 Å². The van der Waals surface area contributed by atoms with E-state index in [4.69, 9.17) is 5.73 Å². The molecule has 0 aromatic heterocycles. The van der Waals surface area contributed by atoms with Gasteiger partial charge in [-0.1, -0.05) is 34.5 Å². The number of halogens is 1. The fourth-order valence-electron chi connectivity index (χ4n) is 2.92. The van der Waals surface area contributed by atoms with E-state index in [0.717, 1.165) is 17.3 Å². The molecule has 1 fully saturated rings. The highest BCUT2D eigenvalue weighted by Gasteiger charge is 2.28. The molecule has 19 heavy (non-hydrogen) atoms. The summed E-state index contributed by atoms with van der Waals surface area (Å²) in [5, 5.41) is 13.0. The van der Waals surface area contributed by atoms with Gasteiger partial charge in [-0.05, 0) is 42.9 Å². The lowest BCUT2D eigenvalue weighted by Crippen LogP contribution is -2.39. The minimum Gasteiger partial charge on any atom is -0.396 e. The zero-order valence-electron chi connectivity index (χ0n) is 11.4. The number of benzene rings is 1. The van der Waals surface area contributed by atoms with E-state index in [1.54, 1.807) is 0 Å². The molecule has 0 aliphatic heterocycles. The average molecular weight is 327 g/mol. The van der Waals surface area contributed by atoms with Gasteiger partial charge in [0.05, 0.1) is 0 Å². The Hall–Kier alpha value is -0.420. The molecule has 4 heteroatoms. The van der Waals surface area contributed by atoms with Crippen LogP contribution in [0.2, 0.25) is 0 Å². The number of nitrogens with two attached hydrogens (primary N) is 1. The van der Waals surface area contributed by atoms with Gasteiger partial charge in [0.1, 0.15) is 0 Å². The molecule has 1 saturated carbocycles. The summed E-state index contributed by atoms with van der Waals surface area (Å²) in [7, 11) is 0. The summed E-state index contributed by atoms with van der Waals surface area (Å²) in [5.74, 6) is 0.380. The smallest absolute Gasteiger partial charge is 0.0474 e. The molecule has 1 aliphatic carbocycles. The molecule has 3 nitrogen and oxygen atoms in total. The molecule has 0 amide bonds. The fraction of sp³-hybridized carbons (Fsp3) is 0.600. The molecule has 0 saturated heterocycles. The van der Waals surface area contributed by atoms with Crippen LogP contribution in [0, 0.1) is 12.8 Å². The molecule has 106 valence electrons. The number of aryl methyl sites for hydroxylation is 1. The molecule has 0 spiro atoms. The standard InChI is InChI=1S/C15H23BrN2O/c1-10-7-11(5-6-13(10)16)15(8-17)18-14-4-2-3-12(14)9-19/h5-7,12,14-15,18-19H,2-4,8-9,17H2,1H3. The number of rotatable bonds is 5. The van der Waals surface area contributed by atoms with Crippen molar-refractivity contribution in [3.05, 3.63) is 33.8 Å². The summed E-state index contributed by atoms with van der Waals surface area (Å²) in [6.45, 7) is 2.94. The van der Waals surface area contributed by atoms with Gasteiger partial charge in [0.25, 0.3) is 0 Å². The lowest BCUT2D eigenvalue weighted by atomic mass is 10.00. The van der Waals surface area contributed by atoms with Crippen LogP contribution in [0.1, 0.15) is 36.4 Å². The zero-order chi connectivity index (χ0) is 13.8. The molecular formula is C15H23BrN2O. The fourth-order valence-corrected chi connectivity index (χ4v) is 3.16. The lowest BCUT2D eigenvalue weighted by Gasteiger charge is -2.26. The molecule has 3 atom stereocenters. The number of nitrogens with one attached hydrogen (secondary N) is 1. The summed E-state index contributed by atoms with van der Waals surface area (Å²) < 4.78 is 1.13. The van der Waals surface area contributed by atoms with Crippen molar-refractivity contribution in [2.24, 2.45) is 11.7 Å². The Bertz CT molecular complexity index is 425. The number of hydrogen-bond acceptors (Lipinski definition) is 3. The first kappa shape index (κ1) is 15.0. The van der Waals surface area contributed by atoms with Crippen molar-refractivity contribution in [1.82, 2.24) is 5.32 Å². The number of aliphatic hydroxyl groups excluding tert-OH is 1. The number of aliphatic hydroxyl groups is 1. The quantitative estimate of drug-likeness (QED) is 0.779. The van der Waals surface area contributed by atoms with Crippen LogP contribution in [0.15, 0.2) is 22.7 Å². The van der Waals surface area contributed by atoms with Crippen LogP contribution >= 0.6 is 15.9 Å². The summed E-state index contributed by atoms with van der Waals surface area (Å²) in [6, 6.07) is 6.93. The maximum absolute atomic E-state index is 9.40. The van der Waals surface area contributed by atoms with Gasteiger partial charge in [-0.3, -0.25) is 0 Å². The first-order chi connectivity index (χ1) is 9.15. The van der Waals surface area contributed by atoms with Crippen LogP contribution < -0.4 is 11.1 Å². The summed E-state index contributed by atoms with van der Waals surface area (Å²) >= 11 is 3.52. The average Bonchev–Trinajstić information content (AvgIpc) is 2.86. The van der Waals surface area contributed by atoms with Gasteiger partial charge in [-0.15, -0.1) is 0 Å². The Balaban J connectivity index is 2.09. The molecule has 3 unspecified atom stereocenters. The maximum atomic E-state index is 9.40. The summed E-state index contributed by atoms with van der Waals surface area (Å²) in [4.78, 5) is 0. The Morgan fingerprint density at radius 1 is 1.47 bits per heavy atom. The SMILES string of the molecule is Cc1cc(C(CN)NC2CCCC2CO)ccc1Br. The van der Waals surface area contributed by atoms with Gasteiger partial charge in [-0.25, -0.2) is 0 Å². The number of hydrogen-bond donors (Lipinski definition) is 3. The molecule has 2 rings (SSSR count). The largest absolute Gasteiger partial charge is 0.396 e. The van der Waals surface area contributed by atoms with Crippen molar-refractivity contribution in [3.8, 4) is 0 Å². The van der Waals surface area contributed by atoms with Gasteiger partial charge in [-0.2, -0.15) is 0 Å². The normalized spacial score (nSPS) is 24.6. The van der Waals surface area contributed by atoms with E-state index >= 15 is 0 Å². The molecule has 0 radical (unpaired) electrons. The third kappa shape index (κ3) is 3.57. The molecular weight excluding hydrogens is 304 g/mol. The van der Waals surface area contributed by atoms with Crippen molar-refractivity contribution < 1.29 is 5.11 Å². The van der Waals surface area contributed by atoms with Gasteiger partial charge in [0.2, 0.25) is 0 Å². The molecule has 1 aromatic rings. The van der Waals surface area contributed by atoms with Crippen molar-refractivity contribution in [1.29, 1.82) is 0 Å². The van der Waals surface area contributed by atoms with Gasteiger partial charge >= 0.3 is 0 Å². The van der Waals surface area contributed by atoms with E-state index in [1.165, 1.54) is 17.5 Å². The maximum Gasteiger partial charge on any atom is 0.0474 e. The van der Waals surface area contributed by atoms with Crippen molar-refractivity contribution in [2.75, 3.05) is 13.2 Å². The van der Waals surface area contributed by atoms with Crippen molar-refractivity contribution in [3.63, 3.8) is 0 Å². The highest BCUT2D eigenvalue weighted by atomic mass is 79.9. The zero-order valence-corrected chi connectivity index (χ0v) is 13.0. The first-order valence-electron chi connectivity index (χ1n) is 6.98. The highest BCUT2D eigenvalue weighted by Crippen LogP contribution is 2.28. The predicted octanol–water partition coefficient (Wildman–Crippen LogP) is 2.51. The van der Waals surface area contributed by atoms with Crippen LogP contribution in [-0.4, -0.2) is 24.3 Å². The minimum atomic E-state index is 0.170. The highest BCUT2D eigenvalue weighted by molar-refractivity contribution is 9.10. The predicted molar refractivity (Wildman–Crippen MR) is 82.0 cm³/mol. The lowest BCUT2D eigenvalue weighted by molar-refractivity contribution is 0.200. The Kier molecular flexibility index (Phi) is 5.39. The molecule has 1 aliphatic rings. The van der Waals surface area contributed by atoms with E-state index in [2.05, 4.69) is 46.4 Å². The van der Waals surface area contributed by atoms with Crippen LogP contribution in [-0.2, 0) is 0 Å². The van der Waals surface area contributed by atoms with Crippen LogP contribution in [0.3, 0.4) is 0 Å². The Labute approximate surface area is 123 Å². The van der Waals surface area contributed by atoms with E-state index in [1.807, 2.05) is 0 Å². The van der Waals surface area contributed by atoms with Crippen LogP contribution in [0.4, 0.5) is 0 Å². The first-order valence-corrected chi connectivity index (χ1v) is 7.78. The topological polar surface area (TPSA) is 58.3 Å². The molecule has 4 N–H and O–H groups in total. The molecule has 0 bridgehead atoms. The Morgan fingerprint density at radius 3 is 2.89 bits per heavy atom. The third-order valence-electron chi connectivity index (χ3n) is 4.13. The second-order valence-electron chi connectivity index (χ2n) is 5.44. The third-order valence-corrected chi connectivity index (χ3v) is 5.02. The molecule has 1 aromatic carbocycles. The van der Waals surface area contributed by atoms with Gasteiger partial charge < -0.3 is 16.2 Å². The van der Waals surface area contributed by atoms with E-state index in [0.29, 0.717) is 18.5 Å². The van der Waals surface area contributed by atoms with E-state index in [-0.39, 0.29) is 12.6 Å². The van der Waals surface area contributed by atoms with Crippen LogP contribution in [0.5, 0.6) is 0 Å². The summed E-state index contributed by atoms with van der Waals surface area (Å²) in [6.07, 6.45) is 3.45. The van der Waals surface area contributed by atoms with Crippen molar-refractivity contribution >= 4 is 15.9 Å². The van der Waals surface area contributed by atoms with Gasteiger partial charge in [0.15, 0.2) is 0 Å². The Morgan fingerprint density at radius 2 is 2.26 bits per heavy atom.